The van der Waals surface area contributed by atoms with Gasteiger partial charge in [-0.25, -0.2) is 13.2 Å². The molecule has 2 N–H and O–H groups in total. The first-order chi connectivity index (χ1) is 10.4. The van der Waals surface area contributed by atoms with Gasteiger partial charge in [0.1, 0.15) is 5.69 Å². The molecule has 2 rings (SSSR count). The highest BCUT2D eigenvalue weighted by Gasteiger charge is 2.24. The number of carbonyl (C=O) groups excluding carboxylic acids is 1. The molecule has 0 aliphatic carbocycles. The van der Waals surface area contributed by atoms with E-state index >= 15 is 0 Å². The third-order valence-electron chi connectivity index (χ3n) is 3.46. The van der Waals surface area contributed by atoms with E-state index in [1.807, 2.05) is 0 Å². The predicted octanol–water partition coefficient (Wildman–Crippen LogP) is 2.58. The van der Waals surface area contributed by atoms with Gasteiger partial charge in [0, 0.05) is 31.8 Å². The molecule has 1 heterocycles. The molecule has 22 heavy (non-hydrogen) atoms. The summed E-state index contributed by atoms with van der Waals surface area (Å²) in [6, 6.07) is 0.848. The van der Waals surface area contributed by atoms with Gasteiger partial charge in [-0.2, -0.15) is 0 Å². The largest absolute Gasteiger partial charge is 0.391 e. The highest BCUT2D eigenvalue weighted by Crippen LogP contribution is 2.31. The van der Waals surface area contributed by atoms with Crippen molar-refractivity contribution in [3.8, 4) is 0 Å². The van der Waals surface area contributed by atoms with E-state index < -0.39 is 29.2 Å². The lowest BCUT2D eigenvalue weighted by Crippen LogP contribution is -2.26. The molecule has 0 saturated carbocycles. The maximum atomic E-state index is 14.1. The molecule has 120 valence electrons. The molecular weight excluding hydrogens is 297 g/mol. The zero-order chi connectivity index (χ0) is 16.3. The van der Waals surface area contributed by atoms with Crippen molar-refractivity contribution in [1.29, 1.82) is 0 Å². The fourth-order valence-electron chi connectivity index (χ4n) is 2.10. The molecule has 0 bridgehead atoms. The first-order valence-electron chi connectivity index (χ1n) is 7.01. The highest BCUT2D eigenvalue weighted by molar-refractivity contribution is 5.91. The Morgan fingerprint density at radius 2 is 2.09 bits per heavy atom. The number of hydrogen-bond donors (Lipinski definition) is 2. The molecule has 0 saturated heterocycles. The monoisotopic (exact) mass is 314 g/mol. The number of hydrogen-bond acceptors (Lipinski definition) is 4. The van der Waals surface area contributed by atoms with Crippen LogP contribution in [0, 0.1) is 17.5 Å². The van der Waals surface area contributed by atoms with Crippen molar-refractivity contribution >= 4 is 17.2 Å². The van der Waals surface area contributed by atoms with Gasteiger partial charge in [-0.1, -0.05) is 6.92 Å². The Balaban J connectivity index is 2.28. The number of anilines is 2. The molecule has 1 aliphatic heterocycles. The Bertz CT molecular complexity index is 605. The van der Waals surface area contributed by atoms with Crippen LogP contribution in [0.1, 0.15) is 19.8 Å². The van der Waals surface area contributed by atoms with Gasteiger partial charge in [-0.3, -0.25) is 4.79 Å². The van der Waals surface area contributed by atoms with Crippen molar-refractivity contribution in [1.82, 2.24) is 0 Å². The maximum Gasteiger partial charge on any atom is 0.187 e. The summed E-state index contributed by atoms with van der Waals surface area (Å²) in [6.45, 7) is 1.81. The van der Waals surface area contributed by atoms with E-state index in [9.17, 15) is 23.1 Å². The third kappa shape index (κ3) is 3.41. The topological polar surface area (TPSA) is 52.6 Å². The average Bonchev–Trinajstić information content (AvgIpc) is 2.51. The van der Waals surface area contributed by atoms with Crippen LogP contribution >= 0.6 is 0 Å². The lowest BCUT2D eigenvalue weighted by atomic mass is 10.1. The summed E-state index contributed by atoms with van der Waals surface area (Å²) in [5, 5.41) is 11.9. The second-order valence-electron chi connectivity index (χ2n) is 5.05. The van der Waals surface area contributed by atoms with Gasteiger partial charge < -0.3 is 15.3 Å². The normalized spacial score (nSPS) is 16.0. The first-order valence-corrected chi connectivity index (χ1v) is 7.01. The number of benzene rings is 1. The smallest absolute Gasteiger partial charge is 0.187 e. The summed E-state index contributed by atoms with van der Waals surface area (Å²) in [5.74, 6) is -3.63. The van der Waals surface area contributed by atoms with E-state index in [0.29, 0.717) is 6.42 Å². The second-order valence-corrected chi connectivity index (χ2v) is 5.05. The SMILES string of the molecule is CCC(O)CNc1cc(F)c(N2C=CC(=O)CC2)c(F)c1F. The Labute approximate surface area is 126 Å². The van der Waals surface area contributed by atoms with Crippen LogP contribution in [0.2, 0.25) is 0 Å². The van der Waals surface area contributed by atoms with Crippen molar-refractivity contribution in [3.05, 3.63) is 35.8 Å². The summed E-state index contributed by atoms with van der Waals surface area (Å²) in [6.07, 6.45) is 2.25. The van der Waals surface area contributed by atoms with Crippen LogP contribution < -0.4 is 10.2 Å². The molecule has 4 nitrogen and oxygen atoms in total. The summed E-state index contributed by atoms with van der Waals surface area (Å²) in [5.41, 5.74) is -0.869. The zero-order valence-electron chi connectivity index (χ0n) is 12.1. The van der Waals surface area contributed by atoms with Crippen LogP contribution in [0.25, 0.3) is 0 Å². The number of carbonyl (C=O) groups is 1. The van der Waals surface area contributed by atoms with E-state index in [2.05, 4.69) is 5.32 Å². The predicted molar refractivity (Wildman–Crippen MR) is 77.2 cm³/mol. The number of nitrogens with one attached hydrogen (secondary N) is 1. The molecule has 1 aromatic carbocycles. The van der Waals surface area contributed by atoms with Crippen molar-refractivity contribution in [3.63, 3.8) is 0 Å². The van der Waals surface area contributed by atoms with Crippen LogP contribution in [0.15, 0.2) is 18.3 Å². The number of aliphatic hydroxyl groups excluding tert-OH is 1. The first kappa shape index (κ1) is 16.4. The van der Waals surface area contributed by atoms with Crippen LogP contribution in [0.5, 0.6) is 0 Å². The molecule has 0 spiro atoms. The molecular formula is C15H17F3N2O2. The molecule has 1 atom stereocenters. The quantitative estimate of drug-likeness (QED) is 0.820. The van der Waals surface area contributed by atoms with Gasteiger partial charge in [-0.15, -0.1) is 0 Å². The van der Waals surface area contributed by atoms with Gasteiger partial charge in [0.2, 0.25) is 0 Å². The fourth-order valence-corrected chi connectivity index (χ4v) is 2.10. The fraction of sp³-hybridized carbons (Fsp3) is 0.400. The number of ketones is 1. The van der Waals surface area contributed by atoms with Gasteiger partial charge in [0.25, 0.3) is 0 Å². The van der Waals surface area contributed by atoms with Crippen LogP contribution in [-0.4, -0.2) is 30.1 Å². The number of rotatable bonds is 5. The van der Waals surface area contributed by atoms with Crippen LogP contribution in [0.4, 0.5) is 24.5 Å². The van der Waals surface area contributed by atoms with E-state index in [-0.39, 0.29) is 31.0 Å². The van der Waals surface area contributed by atoms with E-state index in [0.717, 1.165) is 6.07 Å². The average molecular weight is 314 g/mol. The van der Waals surface area contributed by atoms with Crippen molar-refractivity contribution in [2.75, 3.05) is 23.3 Å². The van der Waals surface area contributed by atoms with Crippen molar-refractivity contribution < 1.29 is 23.1 Å². The lowest BCUT2D eigenvalue weighted by Gasteiger charge is -2.24. The third-order valence-corrected chi connectivity index (χ3v) is 3.46. The van der Waals surface area contributed by atoms with Gasteiger partial charge in [0.05, 0.1) is 11.8 Å². The van der Waals surface area contributed by atoms with Gasteiger partial charge >= 0.3 is 0 Å². The molecule has 0 radical (unpaired) electrons. The second kappa shape index (κ2) is 6.83. The molecule has 0 fully saturated rings. The van der Waals surface area contributed by atoms with Crippen molar-refractivity contribution in [2.24, 2.45) is 0 Å². The van der Waals surface area contributed by atoms with Crippen molar-refractivity contribution in [2.45, 2.75) is 25.9 Å². The van der Waals surface area contributed by atoms with Gasteiger partial charge in [-0.05, 0) is 12.5 Å². The molecule has 1 aliphatic rings. The highest BCUT2D eigenvalue weighted by atomic mass is 19.2. The summed E-state index contributed by atoms with van der Waals surface area (Å²) in [4.78, 5) is 12.3. The number of nitrogens with zero attached hydrogens (tertiary/aromatic N) is 1. The Morgan fingerprint density at radius 3 is 2.68 bits per heavy atom. The minimum absolute atomic E-state index is 0.0102. The zero-order valence-corrected chi connectivity index (χ0v) is 12.1. The standard InChI is InChI=1S/C15H17F3N2O2/c1-2-9(21)8-19-12-7-11(16)15(14(18)13(12)17)20-5-3-10(22)4-6-20/h3,5,7,9,19,21H,2,4,6,8H2,1H3. The molecule has 0 aromatic heterocycles. The maximum absolute atomic E-state index is 14.1. The summed E-state index contributed by atoms with van der Waals surface area (Å²) < 4.78 is 42.3. The minimum atomic E-state index is -1.33. The number of aliphatic hydroxyl groups is 1. The van der Waals surface area contributed by atoms with Crippen LogP contribution in [0.3, 0.4) is 0 Å². The lowest BCUT2D eigenvalue weighted by molar-refractivity contribution is -0.114. The Kier molecular flexibility index (Phi) is 5.07. The molecule has 1 aromatic rings. The summed E-state index contributed by atoms with van der Waals surface area (Å²) in [7, 11) is 0. The van der Waals surface area contributed by atoms with E-state index in [1.54, 1.807) is 6.92 Å². The minimum Gasteiger partial charge on any atom is -0.391 e. The Hall–Kier alpha value is -2.02. The van der Waals surface area contributed by atoms with E-state index in [1.165, 1.54) is 17.2 Å². The summed E-state index contributed by atoms with van der Waals surface area (Å²) >= 11 is 0. The number of allylic oxidation sites excluding steroid dienone is 1. The van der Waals surface area contributed by atoms with Crippen LogP contribution in [-0.2, 0) is 4.79 Å². The molecule has 7 heteroatoms. The van der Waals surface area contributed by atoms with Gasteiger partial charge in [0.15, 0.2) is 23.2 Å². The molecule has 0 amide bonds. The Morgan fingerprint density at radius 1 is 1.36 bits per heavy atom. The number of halogens is 3. The van der Waals surface area contributed by atoms with E-state index in [4.69, 9.17) is 0 Å². The molecule has 1 unspecified atom stereocenters.